The van der Waals surface area contributed by atoms with Crippen molar-refractivity contribution in [3.63, 3.8) is 0 Å². The standard InChI is InChI=1S/C11H17N.C2H6/c1-8(2)11(12)10-7-5-4-6-9(10)3;1-2/h12H,1,4-7H2,2-3H3;1-2H3. The zero-order valence-electron chi connectivity index (χ0n) is 10.0. The van der Waals surface area contributed by atoms with Crippen LogP contribution >= 0.6 is 0 Å². The molecule has 0 atom stereocenters. The number of hydrogen-bond donors (Lipinski definition) is 1. The van der Waals surface area contributed by atoms with Crippen LogP contribution < -0.4 is 0 Å². The van der Waals surface area contributed by atoms with Gasteiger partial charge in [-0.15, -0.1) is 0 Å². The number of allylic oxidation sites excluding steroid dienone is 3. The minimum Gasteiger partial charge on any atom is -0.300 e. The molecule has 0 unspecified atom stereocenters. The van der Waals surface area contributed by atoms with E-state index >= 15 is 0 Å². The lowest BCUT2D eigenvalue weighted by Gasteiger charge is -2.18. The quantitative estimate of drug-likeness (QED) is 0.624. The molecule has 1 aliphatic rings. The molecule has 0 saturated heterocycles. The molecule has 0 aliphatic heterocycles. The van der Waals surface area contributed by atoms with Crippen LogP contribution in [-0.4, -0.2) is 5.71 Å². The average Bonchev–Trinajstić information content (AvgIpc) is 2.20. The van der Waals surface area contributed by atoms with E-state index in [1.165, 1.54) is 30.4 Å². The van der Waals surface area contributed by atoms with Crippen molar-refractivity contribution in [2.45, 2.75) is 53.4 Å². The Morgan fingerprint density at radius 2 is 1.71 bits per heavy atom. The van der Waals surface area contributed by atoms with E-state index in [1.807, 2.05) is 20.8 Å². The summed E-state index contributed by atoms with van der Waals surface area (Å²) in [5.41, 5.74) is 4.21. The molecule has 0 aromatic heterocycles. The molecule has 0 amide bonds. The third-order valence-corrected chi connectivity index (χ3v) is 2.47. The molecular formula is C13H23N. The second-order valence-corrected chi connectivity index (χ2v) is 3.62. The maximum atomic E-state index is 7.81. The van der Waals surface area contributed by atoms with Crippen LogP contribution in [0.2, 0.25) is 0 Å². The first-order valence-electron chi connectivity index (χ1n) is 5.56. The topological polar surface area (TPSA) is 23.9 Å². The summed E-state index contributed by atoms with van der Waals surface area (Å²) in [7, 11) is 0. The third-order valence-electron chi connectivity index (χ3n) is 2.47. The lowest BCUT2D eigenvalue weighted by molar-refractivity contribution is 0.687. The Morgan fingerprint density at radius 1 is 1.21 bits per heavy atom. The Kier molecular flexibility index (Phi) is 6.18. The Labute approximate surface area is 88.4 Å². The molecule has 1 aliphatic carbocycles. The van der Waals surface area contributed by atoms with Gasteiger partial charge in [-0.05, 0) is 50.7 Å². The highest BCUT2D eigenvalue weighted by Gasteiger charge is 2.13. The second-order valence-electron chi connectivity index (χ2n) is 3.62. The first-order chi connectivity index (χ1) is 6.63. The predicted molar refractivity (Wildman–Crippen MR) is 65.1 cm³/mol. The Morgan fingerprint density at radius 3 is 2.14 bits per heavy atom. The van der Waals surface area contributed by atoms with Crippen LogP contribution in [0.1, 0.15) is 53.4 Å². The third kappa shape index (κ3) is 3.49. The molecular weight excluding hydrogens is 170 g/mol. The van der Waals surface area contributed by atoms with Crippen LogP contribution in [-0.2, 0) is 0 Å². The SMILES string of the molecule is C=C(C)C(=N)C1=C(C)CCCC1.CC. The number of rotatable bonds is 2. The summed E-state index contributed by atoms with van der Waals surface area (Å²) < 4.78 is 0. The minimum atomic E-state index is 0.673. The van der Waals surface area contributed by atoms with Gasteiger partial charge >= 0.3 is 0 Å². The van der Waals surface area contributed by atoms with E-state index in [4.69, 9.17) is 5.41 Å². The molecule has 0 spiro atoms. The molecule has 1 nitrogen and oxygen atoms in total. The first-order valence-corrected chi connectivity index (χ1v) is 5.56. The van der Waals surface area contributed by atoms with Crippen LogP contribution in [0, 0.1) is 5.41 Å². The van der Waals surface area contributed by atoms with Crippen molar-refractivity contribution >= 4 is 5.71 Å². The van der Waals surface area contributed by atoms with E-state index in [0.717, 1.165) is 12.0 Å². The number of hydrogen-bond acceptors (Lipinski definition) is 1. The van der Waals surface area contributed by atoms with E-state index in [-0.39, 0.29) is 0 Å². The van der Waals surface area contributed by atoms with Crippen molar-refractivity contribution in [1.82, 2.24) is 0 Å². The van der Waals surface area contributed by atoms with Crippen LogP contribution in [0.25, 0.3) is 0 Å². The predicted octanol–water partition coefficient (Wildman–Crippen LogP) is 4.50. The normalized spacial score (nSPS) is 15.7. The summed E-state index contributed by atoms with van der Waals surface area (Å²) in [6.45, 7) is 11.9. The van der Waals surface area contributed by atoms with E-state index < -0.39 is 0 Å². The van der Waals surface area contributed by atoms with Gasteiger partial charge < -0.3 is 5.41 Å². The highest BCUT2D eigenvalue weighted by atomic mass is 14.4. The van der Waals surface area contributed by atoms with Crippen molar-refractivity contribution < 1.29 is 0 Å². The second kappa shape index (κ2) is 6.58. The summed E-state index contributed by atoms with van der Waals surface area (Å²) in [6, 6.07) is 0. The van der Waals surface area contributed by atoms with Crippen LogP contribution in [0.3, 0.4) is 0 Å². The van der Waals surface area contributed by atoms with Gasteiger partial charge in [0.1, 0.15) is 0 Å². The van der Waals surface area contributed by atoms with Crippen molar-refractivity contribution in [1.29, 1.82) is 5.41 Å². The summed E-state index contributed by atoms with van der Waals surface area (Å²) in [6.07, 6.45) is 4.78. The summed E-state index contributed by atoms with van der Waals surface area (Å²) in [5, 5.41) is 7.81. The van der Waals surface area contributed by atoms with Crippen LogP contribution in [0.15, 0.2) is 23.3 Å². The Hall–Kier alpha value is -0.850. The van der Waals surface area contributed by atoms with Gasteiger partial charge in [0.2, 0.25) is 0 Å². The molecule has 1 N–H and O–H groups in total. The van der Waals surface area contributed by atoms with Gasteiger partial charge in [0.25, 0.3) is 0 Å². The lowest BCUT2D eigenvalue weighted by Crippen LogP contribution is -2.08. The molecule has 0 saturated carbocycles. The van der Waals surface area contributed by atoms with Crippen molar-refractivity contribution in [3.8, 4) is 0 Å². The van der Waals surface area contributed by atoms with E-state index in [9.17, 15) is 0 Å². The summed E-state index contributed by atoms with van der Waals surface area (Å²) >= 11 is 0. The molecule has 80 valence electrons. The van der Waals surface area contributed by atoms with Gasteiger partial charge in [-0.1, -0.05) is 26.0 Å². The van der Waals surface area contributed by atoms with E-state index in [1.54, 1.807) is 0 Å². The van der Waals surface area contributed by atoms with Gasteiger partial charge in [-0.2, -0.15) is 0 Å². The fourth-order valence-electron chi connectivity index (χ4n) is 1.65. The molecule has 0 bridgehead atoms. The lowest BCUT2D eigenvalue weighted by atomic mass is 9.88. The molecule has 0 heterocycles. The molecule has 1 heteroatoms. The van der Waals surface area contributed by atoms with Gasteiger partial charge in [0.15, 0.2) is 0 Å². The highest BCUT2D eigenvalue weighted by Crippen LogP contribution is 2.26. The minimum absolute atomic E-state index is 0.673. The van der Waals surface area contributed by atoms with Crippen LogP contribution in [0.4, 0.5) is 0 Å². The molecule has 0 aromatic carbocycles. The zero-order chi connectivity index (χ0) is 11.1. The molecule has 0 aromatic rings. The maximum absolute atomic E-state index is 7.81. The van der Waals surface area contributed by atoms with Crippen molar-refractivity contribution in [2.24, 2.45) is 0 Å². The Balaban J connectivity index is 0.000000791. The smallest absolute Gasteiger partial charge is 0.0594 e. The van der Waals surface area contributed by atoms with Crippen LogP contribution in [0.5, 0.6) is 0 Å². The first kappa shape index (κ1) is 13.2. The molecule has 1 rings (SSSR count). The van der Waals surface area contributed by atoms with E-state index in [2.05, 4.69) is 13.5 Å². The van der Waals surface area contributed by atoms with Gasteiger partial charge in [0.05, 0.1) is 5.71 Å². The monoisotopic (exact) mass is 193 g/mol. The number of nitrogens with one attached hydrogen (secondary N) is 1. The van der Waals surface area contributed by atoms with Crippen molar-refractivity contribution in [2.75, 3.05) is 0 Å². The molecule has 0 fully saturated rings. The van der Waals surface area contributed by atoms with Crippen molar-refractivity contribution in [3.05, 3.63) is 23.3 Å². The average molecular weight is 193 g/mol. The van der Waals surface area contributed by atoms with Gasteiger partial charge in [0, 0.05) is 0 Å². The fourth-order valence-corrected chi connectivity index (χ4v) is 1.65. The fraction of sp³-hybridized carbons (Fsp3) is 0.615. The maximum Gasteiger partial charge on any atom is 0.0594 e. The van der Waals surface area contributed by atoms with E-state index in [0.29, 0.717) is 5.71 Å². The zero-order valence-corrected chi connectivity index (χ0v) is 10.0. The molecule has 14 heavy (non-hydrogen) atoms. The van der Waals surface area contributed by atoms with Gasteiger partial charge in [-0.3, -0.25) is 0 Å². The summed E-state index contributed by atoms with van der Waals surface area (Å²) in [4.78, 5) is 0. The highest BCUT2D eigenvalue weighted by molar-refractivity contribution is 6.09. The largest absolute Gasteiger partial charge is 0.300 e. The molecule has 0 radical (unpaired) electrons. The Bertz CT molecular complexity index is 243. The van der Waals surface area contributed by atoms with Gasteiger partial charge in [-0.25, -0.2) is 0 Å². The summed E-state index contributed by atoms with van der Waals surface area (Å²) in [5.74, 6) is 0.